The Morgan fingerprint density at radius 3 is 2.83 bits per heavy atom. The van der Waals surface area contributed by atoms with E-state index in [0.717, 1.165) is 41.9 Å². The van der Waals surface area contributed by atoms with Crippen LogP contribution in [0.2, 0.25) is 0 Å². The third-order valence-electron chi connectivity index (χ3n) is 5.88. The summed E-state index contributed by atoms with van der Waals surface area (Å²) >= 11 is 3.72. The van der Waals surface area contributed by atoms with Crippen molar-refractivity contribution in [1.82, 2.24) is 25.4 Å². The van der Waals surface area contributed by atoms with Crippen LogP contribution in [0.5, 0.6) is 0 Å². The van der Waals surface area contributed by atoms with Crippen molar-refractivity contribution in [2.24, 2.45) is 5.16 Å². The third-order valence-corrected chi connectivity index (χ3v) is 8.42. The van der Waals surface area contributed by atoms with E-state index in [9.17, 15) is 19.5 Å². The van der Waals surface area contributed by atoms with Crippen molar-refractivity contribution in [3.05, 3.63) is 28.0 Å². The molecule has 16 heteroatoms. The average Bonchev–Trinajstić information content (AvgIpc) is 3.64. The maximum atomic E-state index is 13.1. The molecule has 4 heterocycles. The van der Waals surface area contributed by atoms with Crippen LogP contribution in [0.3, 0.4) is 0 Å². The second-order valence-electron chi connectivity index (χ2n) is 8.13. The first-order valence-electron chi connectivity index (χ1n) is 11.0. The van der Waals surface area contributed by atoms with E-state index in [1.807, 2.05) is 0 Å². The number of carbonyl (C=O) groups is 3. The molecule has 4 N–H and O–H groups in total. The number of ether oxygens (including phenoxy) is 1. The number of thiazole rings is 1. The van der Waals surface area contributed by atoms with Crippen LogP contribution in [-0.2, 0) is 24.0 Å². The minimum Gasteiger partial charge on any atom is -0.492 e. The molecule has 3 aliphatic rings. The maximum absolute atomic E-state index is 13.1. The van der Waals surface area contributed by atoms with Gasteiger partial charge in [0.05, 0.1) is 5.75 Å². The molecule has 2 aromatic heterocycles. The summed E-state index contributed by atoms with van der Waals surface area (Å²) in [6.45, 7) is 0.0220. The van der Waals surface area contributed by atoms with Crippen molar-refractivity contribution in [1.29, 1.82) is 0 Å². The molecule has 13 nitrogen and oxygen atoms in total. The molecule has 5 rings (SSSR count). The van der Waals surface area contributed by atoms with Gasteiger partial charge >= 0.3 is 5.97 Å². The fourth-order valence-corrected chi connectivity index (χ4v) is 6.14. The Morgan fingerprint density at radius 1 is 1.36 bits per heavy atom. The van der Waals surface area contributed by atoms with Gasteiger partial charge in [0, 0.05) is 5.38 Å². The lowest BCUT2D eigenvalue weighted by atomic mass is 9.92. The zero-order chi connectivity index (χ0) is 25.2. The number of thioether (sulfide) groups is 1. The number of carboxylic acid groups (broad SMARTS) is 1. The molecule has 2 aromatic rings. The fourth-order valence-electron chi connectivity index (χ4n) is 4.16. The number of aromatic nitrogens is 3. The second-order valence-corrected chi connectivity index (χ2v) is 11.1. The number of nitrogens with zero attached hydrogens (tertiary/aromatic N) is 5. The highest BCUT2D eigenvalue weighted by molar-refractivity contribution is 8.01. The van der Waals surface area contributed by atoms with E-state index < -0.39 is 29.9 Å². The number of nitrogen functional groups attached to an aromatic ring is 1. The molecule has 2 unspecified atom stereocenters. The summed E-state index contributed by atoms with van der Waals surface area (Å²) < 4.78 is 6.36. The van der Waals surface area contributed by atoms with Crippen LogP contribution < -0.4 is 11.1 Å². The van der Waals surface area contributed by atoms with Crippen molar-refractivity contribution in [3.8, 4) is 0 Å². The minimum absolute atomic E-state index is 0.0220. The molecular formula is C20H21N7O6S3. The van der Waals surface area contributed by atoms with Crippen LogP contribution in [0.1, 0.15) is 31.4 Å². The number of hydrogen-bond acceptors (Lipinski definition) is 13. The van der Waals surface area contributed by atoms with E-state index in [1.165, 1.54) is 23.1 Å². The van der Waals surface area contributed by atoms with E-state index in [0.29, 0.717) is 4.34 Å². The standard InChI is InChI=1S/C20H21N7O6S3/c21-19-23-10(6-34-19)13(26-33-9-3-1-2-4-9)16(28)24-14-11-5-32-12(7-35-20-25-22-8-36-20)15(18(30)31)27(11)17(14)29/h6,8-9,11,14H,1-5,7H2,(H2,21,23)(H,24,28)(H,30,31)/b26-13-. The number of amides is 2. The van der Waals surface area contributed by atoms with E-state index in [4.69, 9.17) is 15.3 Å². The van der Waals surface area contributed by atoms with Gasteiger partial charge in [-0.3, -0.25) is 14.5 Å². The minimum atomic E-state index is -1.30. The number of carbonyl (C=O) groups excluding carboxylic acids is 2. The lowest BCUT2D eigenvalue weighted by molar-refractivity contribution is -0.160. The summed E-state index contributed by atoms with van der Waals surface area (Å²) in [4.78, 5) is 49.0. The number of oxime groups is 1. The monoisotopic (exact) mass is 551 g/mol. The zero-order valence-corrected chi connectivity index (χ0v) is 21.1. The molecule has 0 radical (unpaired) electrons. The van der Waals surface area contributed by atoms with Crippen molar-refractivity contribution in [2.75, 3.05) is 18.1 Å². The van der Waals surface area contributed by atoms with Crippen LogP contribution in [0.4, 0.5) is 5.13 Å². The number of aliphatic carboxylic acids is 1. The first-order valence-corrected chi connectivity index (χ1v) is 13.7. The number of anilines is 1. The van der Waals surface area contributed by atoms with Gasteiger partial charge in [-0.15, -0.1) is 21.5 Å². The van der Waals surface area contributed by atoms with Crippen LogP contribution in [0, 0.1) is 0 Å². The lowest BCUT2D eigenvalue weighted by Gasteiger charge is -2.49. The smallest absolute Gasteiger partial charge is 0.356 e. The van der Waals surface area contributed by atoms with Crippen LogP contribution in [0.25, 0.3) is 0 Å². The molecule has 0 aromatic carbocycles. The van der Waals surface area contributed by atoms with Gasteiger partial charge in [-0.2, -0.15) is 0 Å². The molecule has 2 atom stereocenters. The Balaban J connectivity index is 1.30. The zero-order valence-electron chi connectivity index (χ0n) is 18.7. The fraction of sp³-hybridized carbons (Fsp3) is 0.450. The Kier molecular flexibility index (Phi) is 7.06. The Hall–Kier alpha value is -3.24. The SMILES string of the molecule is Nc1nc(/C(=N/OC2CCCC2)C(=O)NC2C(=O)N3C(C(=O)O)=C(CSc4nncs4)OCC23)cs1. The predicted molar refractivity (Wildman–Crippen MR) is 130 cm³/mol. The van der Waals surface area contributed by atoms with Crippen molar-refractivity contribution < 1.29 is 29.1 Å². The molecule has 2 fully saturated rings. The molecule has 1 saturated carbocycles. The summed E-state index contributed by atoms with van der Waals surface area (Å²) in [5, 5.41) is 26.0. The first-order chi connectivity index (χ1) is 17.4. The third kappa shape index (κ3) is 4.87. The Labute approximate surface area is 216 Å². The molecule has 0 spiro atoms. The van der Waals surface area contributed by atoms with Gasteiger partial charge in [-0.05, 0) is 25.7 Å². The summed E-state index contributed by atoms with van der Waals surface area (Å²) in [6, 6.07) is -1.67. The highest BCUT2D eigenvalue weighted by Crippen LogP contribution is 2.35. The molecule has 1 saturated heterocycles. The maximum Gasteiger partial charge on any atom is 0.356 e. The highest BCUT2D eigenvalue weighted by atomic mass is 32.2. The van der Waals surface area contributed by atoms with E-state index >= 15 is 0 Å². The normalized spacial score (nSPS) is 22.2. The lowest BCUT2D eigenvalue weighted by Crippen LogP contribution is -2.73. The number of hydrogen-bond donors (Lipinski definition) is 3. The van der Waals surface area contributed by atoms with Crippen molar-refractivity contribution in [2.45, 2.75) is 48.2 Å². The summed E-state index contributed by atoms with van der Waals surface area (Å²) in [5.41, 5.74) is 7.19. The number of β-lactam (4-membered cyclic amide) rings is 1. The van der Waals surface area contributed by atoms with Crippen LogP contribution in [0.15, 0.2) is 31.8 Å². The predicted octanol–water partition coefficient (Wildman–Crippen LogP) is 1.05. The van der Waals surface area contributed by atoms with Crippen LogP contribution in [-0.4, -0.2) is 79.2 Å². The van der Waals surface area contributed by atoms with Gasteiger partial charge in [0.25, 0.3) is 11.8 Å². The van der Waals surface area contributed by atoms with Gasteiger partial charge in [0.15, 0.2) is 20.9 Å². The van der Waals surface area contributed by atoms with Crippen LogP contribution >= 0.6 is 34.4 Å². The number of fused-ring (bicyclic) bond motifs is 1. The topological polar surface area (TPSA) is 182 Å². The molecule has 2 aliphatic heterocycles. The molecule has 190 valence electrons. The van der Waals surface area contributed by atoms with Gasteiger partial charge in [0.2, 0.25) is 0 Å². The average molecular weight is 552 g/mol. The summed E-state index contributed by atoms with van der Waals surface area (Å²) in [7, 11) is 0. The highest BCUT2D eigenvalue weighted by Gasteiger charge is 2.55. The first kappa shape index (κ1) is 24.5. The molecule has 0 bridgehead atoms. The van der Waals surface area contributed by atoms with Gasteiger partial charge < -0.3 is 25.7 Å². The molecule has 2 amide bonds. The van der Waals surface area contributed by atoms with Gasteiger partial charge in [-0.1, -0.05) is 28.3 Å². The molecule has 1 aliphatic carbocycles. The quantitative estimate of drug-likeness (QED) is 0.175. The number of rotatable bonds is 9. The summed E-state index contributed by atoms with van der Waals surface area (Å²) in [6.07, 6.45) is 3.66. The second kappa shape index (κ2) is 10.4. The van der Waals surface area contributed by atoms with Crippen molar-refractivity contribution >= 4 is 63.1 Å². The molecule has 36 heavy (non-hydrogen) atoms. The van der Waals surface area contributed by atoms with E-state index in [2.05, 4.69) is 25.7 Å². The molecular weight excluding hydrogens is 530 g/mol. The van der Waals surface area contributed by atoms with Crippen molar-refractivity contribution in [3.63, 3.8) is 0 Å². The number of nitrogens with one attached hydrogen (secondary N) is 1. The van der Waals surface area contributed by atoms with E-state index in [-0.39, 0.29) is 46.5 Å². The number of carboxylic acids is 1. The largest absolute Gasteiger partial charge is 0.492 e. The van der Waals surface area contributed by atoms with Gasteiger partial charge in [0.1, 0.15) is 41.8 Å². The Morgan fingerprint density at radius 2 is 2.17 bits per heavy atom. The van der Waals surface area contributed by atoms with Gasteiger partial charge in [-0.25, -0.2) is 9.78 Å². The Bertz CT molecular complexity index is 1220. The van der Waals surface area contributed by atoms with E-state index in [1.54, 1.807) is 10.9 Å². The summed E-state index contributed by atoms with van der Waals surface area (Å²) in [5.74, 6) is -2.19. The number of nitrogens with two attached hydrogens (primary N) is 1.